The molecule has 27 heavy (non-hydrogen) atoms. The largest absolute Gasteiger partial charge is 0.503 e. The van der Waals surface area contributed by atoms with Gasteiger partial charge in [-0.3, -0.25) is 9.59 Å². The minimum Gasteiger partial charge on any atom is -0.503 e. The van der Waals surface area contributed by atoms with Crippen LogP contribution in [0.15, 0.2) is 29.5 Å². The van der Waals surface area contributed by atoms with E-state index in [2.05, 4.69) is 0 Å². The van der Waals surface area contributed by atoms with E-state index in [1.54, 1.807) is 44.9 Å². The summed E-state index contributed by atoms with van der Waals surface area (Å²) >= 11 is 0. The second-order valence-corrected chi connectivity index (χ2v) is 7.59. The Kier molecular flexibility index (Phi) is 6.19. The molecule has 1 aliphatic rings. The van der Waals surface area contributed by atoms with Gasteiger partial charge in [-0.15, -0.1) is 0 Å². The van der Waals surface area contributed by atoms with Crippen LogP contribution in [-0.2, 0) is 9.59 Å². The number of aliphatic hydroxyl groups is 1. The number of amides is 1. The zero-order valence-corrected chi connectivity index (χ0v) is 17.0. The van der Waals surface area contributed by atoms with Crippen molar-refractivity contribution >= 4 is 11.7 Å². The summed E-state index contributed by atoms with van der Waals surface area (Å²) in [5, 5.41) is 10.5. The van der Waals surface area contributed by atoms with Crippen molar-refractivity contribution in [1.29, 1.82) is 0 Å². The molecule has 0 bridgehead atoms. The van der Waals surface area contributed by atoms with Crippen LogP contribution in [0.2, 0.25) is 0 Å². The third-order valence-electron chi connectivity index (χ3n) is 4.50. The van der Waals surface area contributed by atoms with Crippen molar-refractivity contribution in [3.05, 3.63) is 35.1 Å². The van der Waals surface area contributed by atoms with Crippen molar-refractivity contribution in [1.82, 2.24) is 4.90 Å². The van der Waals surface area contributed by atoms with Crippen molar-refractivity contribution in [2.24, 2.45) is 5.41 Å². The lowest BCUT2D eigenvalue weighted by Crippen LogP contribution is -2.33. The van der Waals surface area contributed by atoms with E-state index in [1.807, 2.05) is 19.9 Å². The molecule has 6 nitrogen and oxygen atoms in total. The monoisotopic (exact) mass is 375 g/mol. The Labute approximate surface area is 160 Å². The molecule has 0 fully saturated rings. The van der Waals surface area contributed by atoms with Crippen LogP contribution in [0.3, 0.4) is 0 Å². The molecule has 0 radical (unpaired) electrons. The number of ketones is 1. The molecule has 1 heterocycles. The summed E-state index contributed by atoms with van der Waals surface area (Å²) in [4.78, 5) is 27.2. The van der Waals surface area contributed by atoms with Crippen LogP contribution >= 0.6 is 0 Å². The standard InChI is InChI=1S/C21H29NO5/c1-7-11-22-17(13-9-10-14(27-8-2)15(12-13)26-6)16(18(23)20(22)25)19(24)21(3,4)5/h9-10,12,17,23H,7-8,11H2,1-6H3. The molecule has 0 aromatic heterocycles. The summed E-state index contributed by atoms with van der Waals surface area (Å²) in [6.07, 6.45) is 0.709. The number of rotatable bonds is 7. The van der Waals surface area contributed by atoms with Crippen molar-refractivity contribution in [2.45, 2.75) is 47.1 Å². The average Bonchev–Trinajstić information content (AvgIpc) is 2.86. The number of ether oxygens (including phenoxy) is 2. The van der Waals surface area contributed by atoms with Gasteiger partial charge in [-0.2, -0.15) is 0 Å². The van der Waals surface area contributed by atoms with Gasteiger partial charge in [0.25, 0.3) is 5.91 Å². The minimum absolute atomic E-state index is 0.146. The normalized spacial score (nSPS) is 17.5. The maximum atomic E-state index is 13.0. The first-order chi connectivity index (χ1) is 12.7. The summed E-state index contributed by atoms with van der Waals surface area (Å²) in [5.41, 5.74) is 0.125. The van der Waals surface area contributed by atoms with Gasteiger partial charge < -0.3 is 19.5 Å². The third-order valence-corrected chi connectivity index (χ3v) is 4.50. The fourth-order valence-corrected chi connectivity index (χ4v) is 3.24. The Morgan fingerprint density at radius 3 is 2.41 bits per heavy atom. The zero-order chi connectivity index (χ0) is 20.4. The van der Waals surface area contributed by atoms with Crippen molar-refractivity contribution in [2.75, 3.05) is 20.3 Å². The van der Waals surface area contributed by atoms with Crippen LogP contribution in [0.25, 0.3) is 0 Å². The van der Waals surface area contributed by atoms with Gasteiger partial charge in [-0.1, -0.05) is 33.8 Å². The molecule has 1 amide bonds. The lowest BCUT2D eigenvalue weighted by atomic mass is 9.82. The van der Waals surface area contributed by atoms with Crippen LogP contribution in [0.4, 0.5) is 0 Å². The number of Topliss-reactive ketones (excluding diaryl/α,β-unsaturated/α-hetero) is 1. The van der Waals surface area contributed by atoms with Gasteiger partial charge in [0, 0.05) is 12.0 Å². The molecule has 1 atom stereocenters. The highest BCUT2D eigenvalue weighted by Gasteiger charge is 2.45. The number of carbonyl (C=O) groups excluding carboxylic acids is 2. The average molecular weight is 375 g/mol. The SMILES string of the molecule is CCCN1C(=O)C(O)=C(C(=O)C(C)(C)C)C1c1ccc(OCC)c(OC)c1. The summed E-state index contributed by atoms with van der Waals surface area (Å²) in [6.45, 7) is 10.1. The molecular formula is C21H29NO5. The predicted molar refractivity (Wildman–Crippen MR) is 103 cm³/mol. The van der Waals surface area contributed by atoms with Gasteiger partial charge in [0.2, 0.25) is 0 Å². The first-order valence-corrected chi connectivity index (χ1v) is 9.26. The molecule has 0 aliphatic carbocycles. The highest BCUT2D eigenvalue weighted by atomic mass is 16.5. The fraction of sp³-hybridized carbons (Fsp3) is 0.524. The van der Waals surface area contributed by atoms with E-state index in [-0.39, 0.29) is 11.4 Å². The molecule has 1 aromatic carbocycles. The topological polar surface area (TPSA) is 76.1 Å². The Hall–Kier alpha value is -2.50. The Morgan fingerprint density at radius 1 is 1.22 bits per heavy atom. The Morgan fingerprint density at radius 2 is 1.89 bits per heavy atom. The fourth-order valence-electron chi connectivity index (χ4n) is 3.24. The van der Waals surface area contributed by atoms with Crippen molar-refractivity contribution in [3.8, 4) is 11.5 Å². The van der Waals surface area contributed by atoms with E-state index in [0.29, 0.717) is 36.6 Å². The van der Waals surface area contributed by atoms with Crippen LogP contribution in [0.5, 0.6) is 11.5 Å². The van der Waals surface area contributed by atoms with E-state index in [4.69, 9.17) is 9.47 Å². The summed E-state index contributed by atoms with van der Waals surface area (Å²) in [7, 11) is 1.54. The number of benzene rings is 1. The quantitative estimate of drug-likeness (QED) is 0.784. The number of methoxy groups -OCH3 is 1. The number of nitrogens with zero attached hydrogens (tertiary/aromatic N) is 1. The van der Waals surface area contributed by atoms with E-state index >= 15 is 0 Å². The molecule has 2 rings (SSSR count). The smallest absolute Gasteiger partial charge is 0.290 e. The molecule has 1 N–H and O–H groups in total. The second-order valence-electron chi connectivity index (χ2n) is 7.59. The minimum atomic E-state index is -0.723. The number of hydrogen-bond donors (Lipinski definition) is 1. The van der Waals surface area contributed by atoms with Crippen molar-refractivity contribution in [3.63, 3.8) is 0 Å². The number of carbonyl (C=O) groups is 2. The lowest BCUT2D eigenvalue weighted by molar-refractivity contribution is -0.129. The van der Waals surface area contributed by atoms with Gasteiger partial charge in [-0.25, -0.2) is 0 Å². The summed E-state index contributed by atoms with van der Waals surface area (Å²) in [5.74, 6) is -0.104. The van der Waals surface area contributed by atoms with Crippen LogP contribution in [0.1, 0.15) is 52.6 Å². The first kappa shape index (κ1) is 20.8. The number of hydrogen-bond acceptors (Lipinski definition) is 5. The van der Waals surface area contributed by atoms with Gasteiger partial charge in [0.05, 0.1) is 25.3 Å². The highest BCUT2D eigenvalue weighted by molar-refractivity contribution is 6.10. The maximum Gasteiger partial charge on any atom is 0.290 e. The predicted octanol–water partition coefficient (Wildman–Crippen LogP) is 3.81. The summed E-state index contributed by atoms with van der Waals surface area (Å²) < 4.78 is 11.0. The van der Waals surface area contributed by atoms with E-state index < -0.39 is 23.1 Å². The second kappa shape index (κ2) is 8.03. The van der Waals surface area contributed by atoms with E-state index in [9.17, 15) is 14.7 Å². The van der Waals surface area contributed by atoms with Gasteiger partial charge in [0.15, 0.2) is 23.0 Å². The van der Waals surface area contributed by atoms with Gasteiger partial charge >= 0.3 is 0 Å². The van der Waals surface area contributed by atoms with E-state index in [0.717, 1.165) is 0 Å². The Bertz CT molecular complexity index is 760. The van der Waals surface area contributed by atoms with Crippen LogP contribution in [-0.4, -0.2) is 42.0 Å². The molecule has 1 aromatic rings. The lowest BCUT2D eigenvalue weighted by Gasteiger charge is -2.29. The molecule has 6 heteroatoms. The van der Waals surface area contributed by atoms with E-state index in [1.165, 1.54) is 0 Å². The third kappa shape index (κ3) is 3.94. The highest BCUT2D eigenvalue weighted by Crippen LogP contribution is 2.43. The molecule has 1 aliphatic heterocycles. The maximum absolute atomic E-state index is 13.0. The molecule has 0 saturated heterocycles. The molecular weight excluding hydrogens is 346 g/mol. The Balaban J connectivity index is 2.61. The molecule has 148 valence electrons. The summed E-state index contributed by atoms with van der Waals surface area (Å²) in [6, 6.07) is 4.69. The van der Waals surface area contributed by atoms with Gasteiger partial charge in [-0.05, 0) is 31.0 Å². The van der Waals surface area contributed by atoms with Crippen LogP contribution in [0, 0.1) is 5.41 Å². The van der Waals surface area contributed by atoms with Crippen LogP contribution < -0.4 is 9.47 Å². The molecule has 1 unspecified atom stereocenters. The number of aliphatic hydroxyl groups excluding tert-OH is 1. The molecule has 0 saturated carbocycles. The molecule has 0 spiro atoms. The zero-order valence-electron chi connectivity index (χ0n) is 17.0. The van der Waals surface area contributed by atoms with Crippen molar-refractivity contribution < 1.29 is 24.2 Å². The van der Waals surface area contributed by atoms with Gasteiger partial charge in [0.1, 0.15) is 0 Å². The first-order valence-electron chi connectivity index (χ1n) is 9.26.